The zero-order valence-electron chi connectivity index (χ0n) is 13.0. The van der Waals surface area contributed by atoms with Gasteiger partial charge in [0.1, 0.15) is 0 Å². The molecule has 21 heavy (non-hydrogen) atoms. The Morgan fingerprint density at radius 2 is 1.76 bits per heavy atom. The Hall–Kier alpha value is -0.650. The number of ether oxygens (including phenoxy) is 3. The second-order valence-corrected chi connectivity index (χ2v) is 7.15. The summed E-state index contributed by atoms with van der Waals surface area (Å²) >= 11 is 0. The smallest absolute Gasteiger partial charge is 0.306 e. The van der Waals surface area contributed by atoms with Crippen molar-refractivity contribution in [2.24, 2.45) is 16.6 Å². The summed E-state index contributed by atoms with van der Waals surface area (Å²) in [6.45, 7) is 4.32. The Balaban J connectivity index is 1.55. The van der Waals surface area contributed by atoms with Crippen molar-refractivity contribution < 1.29 is 19.0 Å². The summed E-state index contributed by atoms with van der Waals surface area (Å²) in [6.07, 6.45) is 6.77. The van der Waals surface area contributed by atoms with Gasteiger partial charge in [0.15, 0.2) is 5.79 Å². The fourth-order valence-electron chi connectivity index (χ4n) is 4.70. The highest BCUT2D eigenvalue weighted by Crippen LogP contribution is 2.63. The molecule has 0 amide bonds. The van der Waals surface area contributed by atoms with Crippen molar-refractivity contribution in [3.63, 3.8) is 0 Å². The number of esters is 1. The van der Waals surface area contributed by atoms with E-state index in [2.05, 4.69) is 0 Å². The van der Waals surface area contributed by atoms with Gasteiger partial charge in [-0.15, -0.1) is 0 Å². The minimum absolute atomic E-state index is 0.0336. The number of rotatable bonds is 4. The average molecular weight is 297 g/mol. The van der Waals surface area contributed by atoms with Crippen LogP contribution in [-0.2, 0) is 19.0 Å². The topological polar surface area (TPSA) is 70.8 Å². The van der Waals surface area contributed by atoms with Crippen LogP contribution in [-0.4, -0.2) is 38.1 Å². The molecule has 1 aliphatic heterocycles. The van der Waals surface area contributed by atoms with E-state index in [4.69, 9.17) is 19.9 Å². The third-order valence-corrected chi connectivity index (χ3v) is 5.64. The molecule has 0 aromatic carbocycles. The first-order valence-electron chi connectivity index (χ1n) is 8.19. The van der Waals surface area contributed by atoms with Crippen LogP contribution in [0.2, 0.25) is 0 Å². The summed E-state index contributed by atoms with van der Waals surface area (Å²) in [4.78, 5) is 11.8. The Bertz CT molecular complexity index is 385. The summed E-state index contributed by atoms with van der Waals surface area (Å²) in [7, 11) is 0. The quantitative estimate of drug-likeness (QED) is 0.803. The molecule has 0 bridgehead atoms. The van der Waals surface area contributed by atoms with Crippen molar-refractivity contribution in [3.8, 4) is 0 Å². The molecule has 0 radical (unpaired) electrons. The van der Waals surface area contributed by atoms with Gasteiger partial charge in [-0.1, -0.05) is 0 Å². The summed E-state index contributed by atoms with van der Waals surface area (Å²) in [5, 5.41) is 0. The number of hydrogen-bond donors (Lipinski definition) is 1. The number of hydrogen-bond acceptors (Lipinski definition) is 5. The Morgan fingerprint density at radius 1 is 1.14 bits per heavy atom. The molecular formula is C16H27NO4. The van der Waals surface area contributed by atoms with Crippen LogP contribution in [0, 0.1) is 10.8 Å². The van der Waals surface area contributed by atoms with E-state index in [-0.39, 0.29) is 17.2 Å². The second-order valence-electron chi connectivity index (χ2n) is 7.15. The molecule has 2 N–H and O–H groups in total. The lowest BCUT2D eigenvalue weighted by atomic mass is 9.47. The maximum Gasteiger partial charge on any atom is 0.306 e. The molecule has 3 fully saturated rings. The van der Waals surface area contributed by atoms with Crippen LogP contribution in [0.1, 0.15) is 51.9 Å². The molecule has 2 spiro atoms. The van der Waals surface area contributed by atoms with Gasteiger partial charge in [0.05, 0.1) is 26.2 Å². The van der Waals surface area contributed by atoms with Gasteiger partial charge in [-0.25, -0.2) is 0 Å². The van der Waals surface area contributed by atoms with Crippen LogP contribution in [0.5, 0.6) is 0 Å². The number of nitrogens with two attached hydrogens (primary N) is 1. The van der Waals surface area contributed by atoms with Crippen molar-refractivity contribution in [3.05, 3.63) is 0 Å². The number of carbonyl (C=O) groups is 1. The molecular weight excluding hydrogens is 270 g/mol. The maximum absolute atomic E-state index is 11.8. The number of carbonyl (C=O) groups excluding carboxylic acids is 1. The van der Waals surface area contributed by atoms with Crippen LogP contribution in [0.3, 0.4) is 0 Å². The van der Waals surface area contributed by atoms with Crippen molar-refractivity contribution >= 4 is 5.97 Å². The van der Waals surface area contributed by atoms with Gasteiger partial charge in [0.2, 0.25) is 0 Å². The SMILES string of the molecule is CCOC(=O)CC1(CN)CC2(CCC3(CC2)OCCO3)C1. The monoisotopic (exact) mass is 297 g/mol. The molecule has 5 heteroatoms. The fraction of sp³-hybridized carbons (Fsp3) is 0.938. The zero-order chi connectivity index (χ0) is 15.0. The third-order valence-electron chi connectivity index (χ3n) is 5.64. The van der Waals surface area contributed by atoms with Crippen LogP contribution in [0.4, 0.5) is 0 Å². The van der Waals surface area contributed by atoms with Crippen LogP contribution >= 0.6 is 0 Å². The summed E-state index contributed by atoms with van der Waals surface area (Å²) in [6, 6.07) is 0. The fourth-order valence-corrected chi connectivity index (χ4v) is 4.70. The van der Waals surface area contributed by atoms with E-state index in [1.165, 1.54) is 0 Å². The predicted octanol–water partition coefficient (Wildman–Crippen LogP) is 1.98. The van der Waals surface area contributed by atoms with Crippen molar-refractivity contribution in [2.45, 2.75) is 57.7 Å². The van der Waals surface area contributed by atoms with E-state index < -0.39 is 0 Å². The van der Waals surface area contributed by atoms with Gasteiger partial charge in [0.25, 0.3) is 0 Å². The molecule has 0 aromatic heterocycles. The van der Waals surface area contributed by atoms with E-state index in [1.807, 2.05) is 6.92 Å². The molecule has 1 saturated heterocycles. The van der Waals surface area contributed by atoms with E-state index in [0.717, 1.165) is 51.7 Å². The first-order chi connectivity index (χ1) is 10.1. The Kier molecular flexibility index (Phi) is 4.01. The molecule has 5 nitrogen and oxygen atoms in total. The Morgan fingerprint density at radius 3 is 2.29 bits per heavy atom. The van der Waals surface area contributed by atoms with Gasteiger partial charge < -0.3 is 19.9 Å². The lowest BCUT2D eigenvalue weighted by Crippen LogP contribution is -2.55. The van der Waals surface area contributed by atoms with Gasteiger partial charge in [-0.2, -0.15) is 0 Å². The largest absolute Gasteiger partial charge is 0.466 e. The molecule has 3 aliphatic rings. The highest BCUT2D eigenvalue weighted by atomic mass is 16.7. The average Bonchev–Trinajstić information content (AvgIpc) is 2.89. The van der Waals surface area contributed by atoms with E-state index in [1.54, 1.807) is 0 Å². The van der Waals surface area contributed by atoms with Gasteiger partial charge in [-0.3, -0.25) is 4.79 Å². The van der Waals surface area contributed by atoms with Crippen molar-refractivity contribution in [1.29, 1.82) is 0 Å². The molecule has 2 aliphatic carbocycles. The molecule has 3 rings (SSSR count). The molecule has 0 unspecified atom stereocenters. The third kappa shape index (κ3) is 2.83. The standard InChI is InChI=1S/C16H27NO4/c1-2-19-13(18)9-15(12-17)10-14(11-15)3-5-16(6-4-14)20-7-8-21-16/h2-12,17H2,1H3. The first-order valence-corrected chi connectivity index (χ1v) is 8.19. The Labute approximate surface area is 126 Å². The zero-order valence-corrected chi connectivity index (χ0v) is 13.0. The predicted molar refractivity (Wildman–Crippen MR) is 77.5 cm³/mol. The highest BCUT2D eigenvalue weighted by molar-refractivity contribution is 5.70. The lowest BCUT2D eigenvalue weighted by Gasteiger charge is -2.59. The molecule has 0 aromatic rings. The normalized spacial score (nSPS) is 28.5. The van der Waals surface area contributed by atoms with Gasteiger partial charge in [0, 0.05) is 12.8 Å². The minimum atomic E-state index is -0.298. The maximum atomic E-state index is 11.8. The van der Waals surface area contributed by atoms with E-state index in [0.29, 0.717) is 25.0 Å². The molecule has 120 valence electrons. The second kappa shape index (κ2) is 5.52. The van der Waals surface area contributed by atoms with Crippen LogP contribution in [0.25, 0.3) is 0 Å². The molecule has 0 atom stereocenters. The van der Waals surface area contributed by atoms with E-state index >= 15 is 0 Å². The van der Waals surface area contributed by atoms with Crippen LogP contribution < -0.4 is 5.73 Å². The van der Waals surface area contributed by atoms with Crippen molar-refractivity contribution in [1.82, 2.24) is 0 Å². The van der Waals surface area contributed by atoms with Crippen molar-refractivity contribution in [2.75, 3.05) is 26.4 Å². The highest BCUT2D eigenvalue weighted by Gasteiger charge is 2.57. The van der Waals surface area contributed by atoms with E-state index in [9.17, 15) is 4.79 Å². The molecule has 1 heterocycles. The minimum Gasteiger partial charge on any atom is -0.466 e. The molecule has 2 saturated carbocycles. The van der Waals surface area contributed by atoms with Gasteiger partial charge >= 0.3 is 5.97 Å². The van der Waals surface area contributed by atoms with Crippen LogP contribution in [0.15, 0.2) is 0 Å². The summed E-state index contributed by atoms with van der Waals surface area (Å²) in [5.41, 5.74) is 6.28. The van der Waals surface area contributed by atoms with Gasteiger partial charge in [-0.05, 0) is 50.0 Å². The summed E-state index contributed by atoms with van der Waals surface area (Å²) < 4.78 is 16.7. The lowest BCUT2D eigenvalue weighted by molar-refractivity contribution is -0.212. The first kappa shape index (κ1) is 15.3. The summed E-state index contributed by atoms with van der Waals surface area (Å²) in [5.74, 6) is -0.402.